The van der Waals surface area contributed by atoms with Gasteiger partial charge < -0.3 is 0 Å². The molecule has 6 aromatic rings. The Bertz CT molecular complexity index is 1620. The molecule has 0 aliphatic rings. The zero-order valence-corrected chi connectivity index (χ0v) is 18.4. The molecule has 4 aromatic carbocycles. The van der Waals surface area contributed by atoms with Crippen LogP contribution in [-0.2, 0) is 0 Å². The van der Waals surface area contributed by atoms with Gasteiger partial charge >= 0.3 is 0 Å². The van der Waals surface area contributed by atoms with Crippen LogP contribution in [0.4, 0.5) is 0 Å². The SMILES string of the molecule is Cc1cc(-c2cccc(-c3c(-c4ccccc4)ccc4cc5ccccc5cc34)n2)ccn1. The summed E-state index contributed by atoms with van der Waals surface area (Å²) in [5.41, 5.74) is 7.54. The molecule has 6 rings (SSSR count). The molecule has 156 valence electrons. The Hall–Kier alpha value is -4.30. The third kappa shape index (κ3) is 3.56. The summed E-state index contributed by atoms with van der Waals surface area (Å²) in [7, 11) is 0. The maximum atomic E-state index is 5.14. The topological polar surface area (TPSA) is 25.8 Å². The summed E-state index contributed by atoms with van der Waals surface area (Å²) in [4.78, 5) is 9.48. The van der Waals surface area contributed by atoms with E-state index < -0.39 is 0 Å². The highest BCUT2D eigenvalue weighted by Gasteiger charge is 2.15. The van der Waals surface area contributed by atoms with Gasteiger partial charge in [0, 0.05) is 23.0 Å². The van der Waals surface area contributed by atoms with Crippen molar-refractivity contribution in [3.8, 4) is 33.6 Å². The van der Waals surface area contributed by atoms with Crippen molar-refractivity contribution in [2.75, 3.05) is 0 Å². The van der Waals surface area contributed by atoms with Crippen LogP contribution < -0.4 is 0 Å². The number of benzene rings is 4. The highest BCUT2D eigenvalue weighted by atomic mass is 14.7. The van der Waals surface area contributed by atoms with Gasteiger partial charge in [-0.3, -0.25) is 4.98 Å². The number of aromatic nitrogens is 2. The minimum Gasteiger partial charge on any atom is -0.262 e. The Morgan fingerprint density at radius 1 is 0.545 bits per heavy atom. The molecule has 0 radical (unpaired) electrons. The van der Waals surface area contributed by atoms with E-state index in [9.17, 15) is 0 Å². The largest absolute Gasteiger partial charge is 0.262 e. The Balaban J connectivity index is 1.66. The number of aryl methyl sites for hydroxylation is 1. The second-order valence-electron chi connectivity index (χ2n) is 8.37. The number of pyridine rings is 2. The van der Waals surface area contributed by atoms with E-state index in [-0.39, 0.29) is 0 Å². The average Bonchev–Trinajstić information content (AvgIpc) is 2.87. The molecule has 0 bridgehead atoms. The van der Waals surface area contributed by atoms with Crippen LogP contribution in [0.3, 0.4) is 0 Å². The first-order valence-corrected chi connectivity index (χ1v) is 11.2. The Labute approximate surface area is 193 Å². The van der Waals surface area contributed by atoms with Gasteiger partial charge in [0.1, 0.15) is 0 Å². The van der Waals surface area contributed by atoms with Crippen LogP contribution in [0, 0.1) is 6.92 Å². The third-order valence-corrected chi connectivity index (χ3v) is 6.17. The van der Waals surface area contributed by atoms with Crippen LogP contribution in [0.25, 0.3) is 55.2 Å². The maximum absolute atomic E-state index is 5.14. The number of rotatable bonds is 3. The average molecular weight is 423 g/mol. The smallest absolute Gasteiger partial charge is 0.0722 e. The van der Waals surface area contributed by atoms with Crippen LogP contribution >= 0.6 is 0 Å². The van der Waals surface area contributed by atoms with E-state index in [1.165, 1.54) is 32.7 Å². The second kappa shape index (κ2) is 7.99. The van der Waals surface area contributed by atoms with Gasteiger partial charge in [-0.1, -0.05) is 72.8 Å². The molecule has 0 saturated heterocycles. The van der Waals surface area contributed by atoms with E-state index in [4.69, 9.17) is 4.98 Å². The molecule has 0 amide bonds. The van der Waals surface area contributed by atoms with E-state index in [0.29, 0.717) is 0 Å². The van der Waals surface area contributed by atoms with E-state index in [2.05, 4.69) is 108 Å². The van der Waals surface area contributed by atoms with Crippen molar-refractivity contribution >= 4 is 21.5 Å². The van der Waals surface area contributed by atoms with E-state index >= 15 is 0 Å². The van der Waals surface area contributed by atoms with Crippen molar-refractivity contribution < 1.29 is 0 Å². The van der Waals surface area contributed by atoms with Crippen molar-refractivity contribution in [3.05, 3.63) is 121 Å². The maximum Gasteiger partial charge on any atom is 0.0722 e. The van der Waals surface area contributed by atoms with Crippen molar-refractivity contribution in [3.63, 3.8) is 0 Å². The molecular weight excluding hydrogens is 400 g/mol. The van der Waals surface area contributed by atoms with Gasteiger partial charge in [0.25, 0.3) is 0 Å². The van der Waals surface area contributed by atoms with Gasteiger partial charge in [0.2, 0.25) is 0 Å². The van der Waals surface area contributed by atoms with Crippen molar-refractivity contribution in [1.82, 2.24) is 9.97 Å². The monoisotopic (exact) mass is 422 g/mol. The lowest BCUT2D eigenvalue weighted by Gasteiger charge is -2.15. The quantitative estimate of drug-likeness (QED) is 0.269. The van der Waals surface area contributed by atoms with Gasteiger partial charge in [0.15, 0.2) is 0 Å². The first kappa shape index (κ1) is 19.4. The van der Waals surface area contributed by atoms with Crippen molar-refractivity contribution in [1.29, 1.82) is 0 Å². The molecule has 33 heavy (non-hydrogen) atoms. The van der Waals surface area contributed by atoms with Crippen LogP contribution in [0.2, 0.25) is 0 Å². The standard InChI is InChI=1S/C31H22N2/c1-21-18-26(16-17-32-21)29-12-7-13-30(33-29)31-27(22-8-3-2-4-9-22)15-14-25-19-23-10-5-6-11-24(23)20-28(25)31/h2-20H,1H3. The molecule has 0 N–H and O–H groups in total. The summed E-state index contributed by atoms with van der Waals surface area (Å²) in [6.07, 6.45) is 1.85. The Morgan fingerprint density at radius 2 is 1.30 bits per heavy atom. The highest BCUT2D eigenvalue weighted by Crippen LogP contribution is 2.39. The van der Waals surface area contributed by atoms with Gasteiger partial charge in [-0.2, -0.15) is 0 Å². The van der Waals surface area contributed by atoms with E-state index in [1.807, 2.05) is 19.2 Å². The minimum absolute atomic E-state index is 0.954. The van der Waals surface area contributed by atoms with Crippen LogP contribution in [0.5, 0.6) is 0 Å². The number of fused-ring (bicyclic) bond motifs is 2. The molecule has 0 atom stereocenters. The summed E-state index contributed by atoms with van der Waals surface area (Å²) in [5, 5.41) is 4.91. The zero-order valence-electron chi connectivity index (χ0n) is 18.4. The van der Waals surface area contributed by atoms with Crippen LogP contribution in [-0.4, -0.2) is 9.97 Å². The highest BCUT2D eigenvalue weighted by molar-refractivity contribution is 6.09. The van der Waals surface area contributed by atoms with Crippen molar-refractivity contribution in [2.45, 2.75) is 6.92 Å². The lowest BCUT2D eigenvalue weighted by Crippen LogP contribution is -1.93. The molecule has 0 saturated carbocycles. The lowest BCUT2D eigenvalue weighted by molar-refractivity contribution is 1.19. The first-order valence-electron chi connectivity index (χ1n) is 11.2. The Kier molecular flexibility index (Phi) is 4.70. The summed E-state index contributed by atoms with van der Waals surface area (Å²) in [5.74, 6) is 0. The Morgan fingerprint density at radius 3 is 2.12 bits per heavy atom. The van der Waals surface area contributed by atoms with E-state index in [0.717, 1.165) is 28.2 Å². The van der Waals surface area contributed by atoms with Crippen molar-refractivity contribution in [2.24, 2.45) is 0 Å². The fourth-order valence-corrected chi connectivity index (χ4v) is 4.59. The molecule has 0 unspecified atom stereocenters. The number of hydrogen-bond donors (Lipinski definition) is 0. The summed E-state index contributed by atoms with van der Waals surface area (Å²) >= 11 is 0. The van der Waals surface area contributed by atoms with Gasteiger partial charge in [0.05, 0.1) is 11.4 Å². The van der Waals surface area contributed by atoms with Gasteiger partial charge in [-0.25, -0.2) is 4.98 Å². The van der Waals surface area contributed by atoms with E-state index in [1.54, 1.807) is 0 Å². The second-order valence-corrected chi connectivity index (χ2v) is 8.37. The van der Waals surface area contributed by atoms with Crippen LogP contribution in [0.15, 0.2) is 115 Å². The fraction of sp³-hybridized carbons (Fsp3) is 0.0323. The molecule has 2 heterocycles. The molecule has 0 aliphatic heterocycles. The molecule has 2 aromatic heterocycles. The molecule has 0 spiro atoms. The number of hydrogen-bond acceptors (Lipinski definition) is 2. The minimum atomic E-state index is 0.954. The normalized spacial score (nSPS) is 11.2. The summed E-state index contributed by atoms with van der Waals surface area (Å²) in [6.45, 7) is 2.01. The fourth-order valence-electron chi connectivity index (χ4n) is 4.59. The summed E-state index contributed by atoms with van der Waals surface area (Å²) in [6, 6.07) is 38.5. The molecule has 2 heteroatoms. The predicted octanol–water partition coefficient (Wildman–Crippen LogP) is 8.09. The van der Waals surface area contributed by atoms with Gasteiger partial charge in [-0.05, 0) is 76.0 Å². The molecule has 0 aliphatic carbocycles. The zero-order chi connectivity index (χ0) is 22.2. The summed E-state index contributed by atoms with van der Waals surface area (Å²) < 4.78 is 0. The third-order valence-electron chi connectivity index (χ3n) is 6.17. The predicted molar refractivity (Wildman–Crippen MR) is 138 cm³/mol. The molecule has 0 fully saturated rings. The van der Waals surface area contributed by atoms with Crippen LogP contribution in [0.1, 0.15) is 5.69 Å². The first-order chi connectivity index (χ1) is 16.3. The lowest BCUT2D eigenvalue weighted by atomic mass is 9.90. The number of nitrogens with zero attached hydrogens (tertiary/aromatic N) is 2. The molecular formula is C31H22N2. The molecule has 2 nitrogen and oxygen atoms in total. The van der Waals surface area contributed by atoms with Gasteiger partial charge in [-0.15, -0.1) is 0 Å².